The fraction of sp³-hybridized carbons (Fsp3) is 0.375. The molecule has 1 aromatic heterocycles. The Kier molecular flexibility index (Phi) is 3.85. The number of benzene rings is 1. The number of anilines is 2. The average Bonchev–Trinajstić information content (AvgIpc) is 2.96. The van der Waals surface area contributed by atoms with Crippen molar-refractivity contribution in [2.24, 2.45) is 7.05 Å². The number of carboxylic acid groups (broad SMARTS) is 1. The van der Waals surface area contributed by atoms with Gasteiger partial charge in [0.05, 0.1) is 6.20 Å². The van der Waals surface area contributed by atoms with E-state index in [1.165, 1.54) is 4.90 Å². The zero-order valence-electron chi connectivity index (χ0n) is 13.4. The summed E-state index contributed by atoms with van der Waals surface area (Å²) in [6, 6.07) is 4.05. The SMILES string of the molecule is Cc1cc(N2CCN(C(=O)O)CC2)c(-c2cnn(C)c2)cc1N. The molecule has 23 heavy (non-hydrogen) atoms. The molecule has 0 radical (unpaired) electrons. The van der Waals surface area contributed by atoms with E-state index in [1.807, 2.05) is 32.4 Å². The van der Waals surface area contributed by atoms with Crippen molar-refractivity contribution in [3.05, 3.63) is 30.1 Å². The second-order valence-electron chi connectivity index (χ2n) is 5.89. The first-order valence-electron chi connectivity index (χ1n) is 7.57. The Balaban J connectivity index is 1.95. The second kappa shape index (κ2) is 5.83. The molecule has 1 saturated heterocycles. The zero-order valence-corrected chi connectivity index (χ0v) is 13.4. The molecule has 1 amide bonds. The Morgan fingerprint density at radius 3 is 2.52 bits per heavy atom. The summed E-state index contributed by atoms with van der Waals surface area (Å²) in [5.41, 5.74) is 11.0. The van der Waals surface area contributed by atoms with Crippen LogP contribution in [0.5, 0.6) is 0 Å². The number of amides is 1. The third-order valence-electron chi connectivity index (χ3n) is 4.29. The lowest BCUT2D eigenvalue weighted by atomic mass is 10.0. The normalized spacial score (nSPS) is 15.0. The van der Waals surface area contributed by atoms with Crippen molar-refractivity contribution < 1.29 is 9.90 Å². The predicted octanol–water partition coefficient (Wildman–Crippen LogP) is 1.78. The van der Waals surface area contributed by atoms with Crippen LogP contribution in [0, 0.1) is 6.92 Å². The maximum absolute atomic E-state index is 11.1. The molecule has 0 saturated carbocycles. The smallest absolute Gasteiger partial charge is 0.407 e. The summed E-state index contributed by atoms with van der Waals surface area (Å²) >= 11 is 0. The Hall–Kier alpha value is -2.70. The van der Waals surface area contributed by atoms with Gasteiger partial charge in [0.15, 0.2) is 0 Å². The third-order valence-corrected chi connectivity index (χ3v) is 4.29. The van der Waals surface area contributed by atoms with Crippen LogP contribution in [0.25, 0.3) is 11.1 Å². The number of hydrogen-bond acceptors (Lipinski definition) is 4. The summed E-state index contributed by atoms with van der Waals surface area (Å²) in [7, 11) is 1.88. The molecule has 2 heterocycles. The number of hydrogen-bond donors (Lipinski definition) is 2. The van der Waals surface area contributed by atoms with Crippen molar-refractivity contribution >= 4 is 17.5 Å². The highest BCUT2D eigenvalue weighted by Crippen LogP contribution is 2.35. The Bertz CT molecular complexity index is 732. The van der Waals surface area contributed by atoms with Crippen LogP contribution in [0.1, 0.15) is 5.56 Å². The van der Waals surface area contributed by atoms with Gasteiger partial charge in [-0.1, -0.05) is 0 Å². The van der Waals surface area contributed by atoms with Crippen LogP contribution in [-0.2, 0) is 7.05 Å². The number of nitrogens with two attached hydrogens (primary N) is 1. The first-order valence-corrected chi connectivity index (χ1v) is 7.57. The fourth-order valence-corrected chi connectivity index (χ4v) is 2.90. The van der Waals surface area contributed by atoms with Crippen molar-refractivity contribution in [2.45, 2.75) is 6.92 Å². The number of aryl methyl sites for hydroxylation is 2. The van der Waals surface area contributed by atoms with Gasteiger partial charge in [0.1, 0.15) is 0 Å². The maximum Gasteiger partial charge on any atom is 0.407 e. The summed E-state index contributed by atoms with van der Waals surface area (Å²) in [4.78, 5) is 14.7. The topological polar surface area (TPSA) is 87.6 Å². The van der Waals surface area contributed by atoms with Crippen molar-refractivity contribution in [1.82, 2.24) is 14.7 Å². The molecular formula is C16H21N5O2. The number of piperazine rings is 1. The summed E-state index contributed by atoms with van der Waals surface area (Å²) < 4.78 is 1.76. The quantitative estimate of drug-likeness (QED) is 0.825. The Labute approximate surface area is 134 Å². The largest absolute Gasteiger partial charge is 0.465 e. The third kappa shape index (κ3) is 2.94. The van der Waals surface area contributed by atoms with Gasteiger partial charge in [-0.05, 0) is 24.6 Å². The number of nitrogens with zero attached hydrogens (tertiary/aromatic N) is 4. The van der Waals surface area contributed by atoms with Gasteiger partial charge in [0.25, 0.3) is 0 Å². The molecule has 0 spiro atoms. The van der Waals surface area contributed by atoms with Crippen LogP contribution in [0.15, 0.2) is 24.5 Å². The van der Waals surface area contributed by atoms with Gasteiger partial charge in [-0.2, -0.15) is 5.10 Å². The van der Waals surface area contributed by atoms with Crippen LogP contribution in [-0.4, -0.2) is 52.1 Å². The van der Waals surface area contributed by atoms with Gasteiger partial charge in [0, 0.05) is 61.9 Å². The van der Waals surface area contributed by atoms with Crippen molar-refractivity contribution in [3.63, 3.8) is 0 Å². The summed E-state index contributed by atoms with van der Waals surface area (Å²) in [5, 5.41) is 13.3. The molecule has 0 bridgehead atoms. The molecule has 2 aromatic rings. The number of rotatable bonds is 2. The summed E-state index contributed by atoms with van der Waals surface area (Å²) in [6.45, 7) is 4.33. The van der Waals surface area contributed by atoms with Crippen molar-refractivity contribution in [1.29, 1.82) is 0 Å². The van der Waals surface area contributed by atoms with E-state index in [-0.39, 0.29) is 0 Å². The van der Waals surface area contributed by atoms with Gasteiger partial charge < -0.3 is 20.6 Å². The van der Waals surface area contributed by atoms with Crippen LogP contribution < -0.4 is 10.6 Å². The van der Waals surface area contributed by atoms with E-state index < -0.39 is 6.09 Å². The summed E-state index contributed by atoms with van der Waals surface area (Å²) in [5.74, 6) is 0. The molecule has 0 atom stereocenters. The highest BCUT2D eigenvalue weighted by atomic mass is 16.4. The van der Waals surface area contributed by atoms with Crippen LogP contribution >= 0.6 is 0 Å². The molecule has 122 valence electrons. The van der Waals surface area contributed by atoms with Crippen molar-refractivity contribution in [3.8, 4) is 11.1 Å². The molecule has 1 aliphatic heterocycles. The van der Waals surface area contributed by atoms with E-state index in [9.17, 15) is 4.79 Å². The lowest BCUT2D eigenvalue weighted by molar-refractivity contribution is 0.142. The number of carbonyl (C=O) groups is 1. The molecule has 1 aromatic carbocycles. The highest BCUT2D eigenvalue weighted by Gasteiger charge is 2.23. The first kappa shape index (κ1) is 15.2. The second-order valence-corrected chi connectivity index (χ2v) is 5.89. The van der Waals surface area contributed by atoms with Gasteiger partial charge >= 0.3 is 6.09 Å². The van der Waals surface area contributed by atoms with Crippen molar-refractivity contribution in [2.75, 3.05) is 36.8 Å². The monoisotopic (exact) mass is 315 g/mol. The van der Waals surface area contributed by atoms with E-state index in [0.717, 1.165) is 28.1 Å². The van der Waals surface area contributed by atoms with E-state index >= 15 is 0 Å². The number of nitrogen functional groups attached to an aromatic ring is 1. The van der Waals surface area contributed by atoms with Gasteiger partial charge in [-0.25, -0.2) is 4.79 Å². The van der Waals surface area contributed by atoms with E-state index in [4.69, 9.17) is 10.8 Å². The Morgan fingerprint density at radius 2 is 1.96 bits per heavy atom. The highest BCUT2D eigenvalue weighted by molar-refractivity contribution is 5.82. The van der Waals surface area contributed by atoms with Gasteiger partial charge in [-0.15, -0.1) is 0 Å². The minimum absolute atomic E-state index is 0.505. The maximum atomic E-state index is 11.1. The van der Waals surface area contributed by atoms with Crippen LogP contribution in [0.2, 0.25) is 0 Å². The molecule has 3 rings (SSSR count). The average molecular weight is 315 g/mol. The first-order chi connectivity index (χ1) is 11.0. The molecule has 1 fully saturated rings. The molecule has 7 heteroatoms. The molecule has 3 N–H and O–H groups in total. The predicted molar refractivity (Wildman–Crippen MR) is 89.6 cm³/mol. The van der Waals surface area contributed by atoms with Gasteiger partial charge in [-0.3, -0.25) is 4.68 Å². The summed E-state index contributed by atoms with van der Waals surface area (Å²) in [6.07, 6.45) is 2.92. The van der Waals surface area contributed by atoms with E-state index in [1.54, 1.807) is 4.68 Å². The van der Waals surface area contributed by atoms with E-state index in [2.05, 4.69) is 16.1 Å². The van der Waals surface area contributed by atoms with Gasteiger partial charge in [0.2, 0.25) is 0 Å². The zero-order chi connectivity index (χ0) is 16.6. The molecular weight excluding hydrogens is 294 g/mol. The molecule has 0 aliphatic carbocycles. The molecule has 1 aliphatic rings. The lowest BCUT2D eigenvalue weighted by Crippen LogP contribution is -2.48. The van der Waals surface area contributed by atoms with Crippen LogP contribution in [0.3, 0.4) is 0 Å². The minimum atomic E-state index is -0.856. The standard InChI is InChI=1S/C16H21N5O2/c1-11-7-15(20-3-5-21(6-4-20)16(22)23)13(8-14(11)17)12-9-18-19(2)10-12/h7-10H,3-6,17H2,1-2H3,(H,22,23). The molecule has 7 nitrogen and oxygen atoms in total. The number of aromatic nitrogens is 2. The minimum Gasteiger partial charge on any atom is -0.465 e. The molecule has 0 unspecified atom stereocenters. The lowest BCUT2D eigenvalue weighted by Gasteiger charge is -2.36. The van der Waals surface area contributed by atoms with Crippen LogP contribution in [0.4, 0.5) is 16.2 Å². The fourth-order valence-electron chi connectivity index (χ4n) is 2.90. The Morgan fingerprint density at radius 1 is 1.26 bits per heavy atom. The van der Waals surface area contributed by atoms with E-state index in [0.29, 0.717) is 26.2 Å².